The number of hydrogen-bond donors (Lipinski definition) is 3. The normalized spacial score (nSPS) is 11.8. The summed E-state index contributed by atoms with van der Waals surface area (Å²) in [5.74, 6) is -0.0478. The van der Waals surface area contributed by atoms with Gasteiger partial charge < -0.3 is 20.7 Å². The highest BCUT2D eigenvalue weighted by molar-refractivity contribution is 7.92. The van der Waals surface area contributed by atoms with Crippen LogP contribution in [0.15, 0.2) is 42.6 Å². The summed E-state index contributed by atoms with van der Waals surface area (Å²) in [5.41, 5.74) is 2.02. The predicted octanol–water partition coefficient (Wildman–Crippen LogP) is 4.67. The molecule has 38 heavy (non-hydrogen) atoms. The van der Waals surface area contributed by atoms with E-state index in [4.69, 9.17) is 4.74 Å². The van der Waals surface area contributed by atoms with Gasteiger partial charge in [0.2, 0.25) is 16.0 Å². The average Bonchev–Trinajstić information content (AvgIpc) is 2.85. The van der Waals surface area contributed by atoms with Gasteiger partial charge in [0.15, 0.2) is 0 Å². The van der Waals surface area contributed by atoms with Crippen molar-refractivity contribution in [3.63, 3.8) is 0 Å². The lowest BCUT2D eigenvalue weighted by atomic mass is 10.1. The van der Waals surface area contributed by atoms with Gasteiger partial charge in [-0.2, -0.15) is 18.2 Å². The minimum absolute atomic E-state index is 0.0735. The summed E-state index contributed by atoms with van der Waals surface area (Å²) in [7, 11) is -0.714. The molecule has 0 aliphatic carbocycles. The number of aromatic nitrogens is 2. The van der Waals surface area contributed by atoms with Crippen LogP contribution in [0.1, 0.15) is 29.2 Å². The van der Waals surface area contributed by atoms with Crippen LogP contribution in [-0.4, -0.2) is 45.3 Å². The van der Waals surface area contributed by atoms with E-state index in [0.717, 1.165) is 28.2 Å². The molecule has 9 nitrogen and oxygen atoms in total. The largest absolute Gasteiger partial charge is 0.495 e. The lowest BCUT2D eigenvalue weighted by molar-refractivity contribution is -0.137. The second kappa shape index (κ2) is 11.9. The summed E-state index contributed by atoms with van der Waals surface area (Å²) < 4.78 is 72.0. The van der Waals surface area contributed by atoms with Crippen LogP contribution in [0.3, 0.4) is 0 Å². The zero-order valence-corrected chi connectivity index (χ0v) is 22.6. The maximum Gasteiger partial charge on any atom is 0.421 e. The molecule has 1 heterocycles. The Bertz CT molecular complexity index is 1380. The SMILES string of the molecule is CCNCc1ccc(Nc2ncc(C(F)(F)F)c(NCc3ccc(C)cc3N(C)S(C)(=O)=O)n2)c(OC)c1. The molecule has 0 spiro atoms. The van der Waals surface area contributed by atoms with Crippen molar-refractivity contribution in [3.05, 3.63) is 64.8 Å². The van der Waals surface area contributed by atoms with E-state index in [1.54, 1.807) is 31.2 Å². The summed E-state index contributed by atoms with van der Waals surface area (Å²) >= 11 is 0. The molecule has 0 fully saturated rings. The van der Waals surface area contributed by atoms with Crippen LogP contribution < -0.4 is 25.0 Å². The van der Waals surface area contributed by atoms with Gasteiger partial charge in [-0.1, -0.05) is 25.1 Å². The third-order valence-electron chi connectivity index (χ3n) is 5.71. The standard InChI is InChI=1S/C25H31F3N6O3S/c1-6-29-13-17-8-10-20(22(12-17)37-4)32-24-31-15-19(25(26,27)28)23(33-24)30-14-18-9-7-16(2)11-21(18)34(3)38(5,35)36/h7-12,15,29H,6,13-14H2,1-5H3,(H2,30,31,32,33). The molecule has 0 radical (unpaired) electrons. The van der Waals surface area contributed by atoms with Crippen LogP contribution in [0.2, 0.25) is 0 Å². The minimum atomic E-state index is -4.72. The fourth-order valence-corrected chi connectivity index (χ4v) is 4.12. The summed E-state index contributed by atoms with van der Waals surface area (Å²) in [6, 6.07) is 10.5. The number of hydrogen-bond acceptors (Lipinski definition) is 8. The number of rotatable bonds is 11. The maximum atomic E-state index is 13.8. The molecule has 0 bridgehead atoms. The third-order valence-corrected chi connectivity index (χ3v) is 6.90. The molecule has 0 saturated heterocycles. The van der Waals surface area contributed by atoms with Crippen molar-refractivity contribution in [2.45, 2.75) is 33.1 Å². The first-order valence-electron chi connectivity index (χ1n) is 11.7. The molecular formula is C25H31F3N6O3S. The molecule has 0 amide bonds. The quantitative estimate of drug-likeness (QED) is 0.315. The monoisotopic (exact) mass is 552 g/mol. The number of methoxy groups -OCH3 is 1. The Morgan fingerprint density at radius 2 is 1.84 bits per heavy atom. The van der Waals surface area contributed by atoms with Crippen LogP contribution in [0.4, 0.5) is 36.3 Å². The van der Waals surface area contributed by atoms with E-state index in [0.29, 0.717) is 35.4 Å². The molecule has 13 heteroatoms. The number of ether oxygens (including phenoxy) is 1. The Hall–Kier alpha value is -3.58. The van der Waals surface area contributed by atoms with E-state index >= 15 is 0 Å². The molecular weight excluding hydrogens is 521 g/mol. The van der Waals surface area contributed by atoms with Gasteiger partial charge in [0, 0.05) is 26.3 Å². The third kappa shape index (κ3) is 7.25. The number of anilines is 4. The average molecular weight is 553 g/mol. The molecule has 3 N–H and O–H groups in total. The van der Waals surface area contributed by atoms with Gasteiger partial charge in [-0.15, -0.1) is 0 Å². The van der Waals surface area contributed by atoms with E-state index < -0.39 is 27.6 Å². The lowest BCUT2D eigenvalue weighted by Gasteiger charge is -2.22. The van der Waals surface area contributed by atoms with Crippen molar-refractivity contribution in [1.82, 2.24) is 15.3 Å². The Balaban J connectivity index is 1.93. The number of benzene rings is 2. The fourth-order valence-electron chi connectivity index (χ4n) is 3.60. The number of alkyl halides is 3. The predicted molar refractivity (Wildman–Crippen MR) is 142 cm³/mol. The van der Waals surface area contributed by atoms with Crippen LogP contribution in [0.25, 0.3) is 0 Å². The molecule has 0 atom stereocenters. The van der Waals surface area contributed by atoms with Gasteiger partial charge in [-0.3, -0.25) is 4.31 Å². The Kier molecular flexibility index (Phi) is 9.05. The molecule has 0 aliphatic rings. The van der Waals surface area contributed by atoms with Crippen molar-refractivity contribution in [2.75, 3.05) is 41.9 Å². The van der Waals surface area contributed by atoms with Gasteiger partial charge in [0.1, 0.15) is 17.1 Å². The van der Waals surface area contributed by atoms with Crippen LogP contribution in [0, 0.1) is 6.92 Å². The van der Waals surface area contributed by atoms with E-state index in [2.05, 4.69) is 25.9 Å². The number of aryl methyl sites for hydroxylation is 1. The molecule has 0 unspecified atom stereocenters. The number of nitrogens with zero attached hydrogens (tertiary/aromatic N) is 3. The molecule has 1 aromatic heterocycles. The first kappa shape index (κ1) is 29.0. The van der Waals surface area contributed by atoms with Crippen molar-refractivity contribution in [2.24, 2.45) is 0 Å². The summed E-state index contributed by atoms with van der Waals surface area (Å²) in [4.78, 5) is 7.94. The van der Waals surface area contributed by atoms with Crippen molar-refractivity contribution in [3.8, 4) is 5.75 Å². The number of nitrogens with one attached hydrogen (secondary N) is 3. The minimum Gasteiger partial charge on any atom is -0.495 e. The first-order chi connectivity index (χ1) is 17.8. The zero-order chi connectivity index (χ0) is 28.1. The van der Waals surface area contributed by atoms with Crippen LogP contribution in [0.5, 0.6) is 5.75 Å². The van der Waals surface area contributed by atoms with Gasteiger partial charge in [0.25, 0.3) is 0 Å². The molecule has 0 saturated carbocycles. The highest BCUT2D eigenvalue weighted by atomic mass is 32.2. The van der Waals surface area contributed by atoms with Crippen molar-refractivity contribution in [1.29, 1.82) is 0 Å². The van der Waals surface area contributed by atoms with E-state index in [-0.39, 0.29) is 12.5 Å². The van der Waals surface area contributed by atoms with Crippen LogP contribution in [-0.2, 0) is 29.3 Å². The number of halogens is 3. The second-order valence-corrected chi connectivity index (χ2v) is 10.6. The number of sulfonamides is 1. The maximum absolute atomic E-state index is 13.8. The van der Waals surface area contributed by atoms with Gasteiger partial charge in [-0.05, 0) is 48.4 Å². The lowest BCUT2D eigenvalue weighted by Crippen LogP contribution is -2.26. The van der Waals surface area contributed by atoms with Crippen molar-refractivity contribution >= 4 is 33.2 Å². The summed E-state index contributed by atoms with van der Waals surface area (Å²) in [6.45, 7) is 5.10. The first-order valence-corrected chi connectivity index (χ1v) is 13.5. The summed E-state index contributed by atoms with van der Waals surface area (Å²) in [5, 5.41) is 8.85. The highest BCUT2D eigenvalue weighted by Crippen LogP contribution is 2.35. The smallest absolute Gasteiger partial charge is 0.421 e. The van der Waals surface area contributed by atoms with E-state index in [9.17, 15) is 21.6 Å². The topological polar surface area (TPSA) is 108 Å². The molecule has 3 aromatic rings. The Morgan fingerprint density at radius 1 is 1.11 bits per heavy atom. The molecule has 206 valence electrons. The van der Waals surface area contributed by atoms with Crippen LogP contribution >= 0.6 is 0 Å². The Morgan fingerprint density at radius 3 is 2.47 bits per heavy atom. The van der Waals surface area contributed by atoms with E-state index in [1.165, 1.54) is 14.2 Å². The zero-order valence-electron chi connectivity index (χ0n) is 21.8. The summed E-state index contributed by atoms with van der Waals surface area (Å²) in [6.07, 6.45) is -2.97. The van der Waals surface area contributed by atoms with Gasteiger partial charge in [-0.25, -0.2) is 13.4 Å². The van der Waals surface area contributed by atoms with Gasteiger partial charge in [0.05, 0.1) is 24.7 Å². The molecule has 0 aliphatic heterocycles. The highest BCUT2D eigenvalue weighted by Gasteiger charge is 2.35. The molecule has 3 rings (SSSR count). The van der Waals surface area contributed by atoms with E-state index in [1.807, 2.05) is 19.1 Å². The Labute approximate surface area is 220 Å². The fraction of sp³-hybridized carbons (Fsp3) is 0.360. The van der Waals surface area contributed by atoms with Gasteiger partial charge >= 0.3 is 6.18 Å². The van der Waals surface area contributed by atoms with Crippen molar-refractivity contribution < 1.29 is 26.3 Å². The second-order valence-electron chi connectivity index (χ2n) is 8.61. The molecule has 2 aromatic carbocycles.